The van der Waals surface area contributed by atoms with Crippen LogP contribution in [0.2, 0.25) is 0 Å². The number of carboxylic acid groups (broad SMARTS) is 1. The lowest BCUT2D eigenvalue weighted by atomic mass is 10.1. The van der Waals surface area contributed by atoms with E-state index < -0.39 is 17.8 Å². The van der Waals surface area contributed by atoms with E-state index in [0.717, 1.165) is 18.6 Å². The highest BCUT2D eigenvalue weighted by molar-refractivity contribution is 5.91. The number of rotatable bonds is 11. The maximum absolute atomic E-state index is 12.7. The number of halogens is 3. The number of aromatic nitrogens is 4. The number of hydrogen-bond donors (Lipinski definition) is 4. The first kappa shape index (κ1) is 26.5. The molecule has 0 radical (unpaired) electrons. The molecule has 13 heteroatoms. The zero-order valence-electron chi connectivity index (χ0n) is 19.0. The predicted molar refractivity (Wildman–Crippen MR) is 125 cm³/mol. The minimum absolute atomic E-state index is 0.0876. The summed E-state index contributed by atoms with van der Waals surface area (Å²) in [6.07, 6.45) is -3.75. The molecule has 0 aliphatic carbocycles. The van der Waals surface area contributed by atoms with Gasteiger partial charge in [0.1, 0.15) is 0 Å². The summed E-state index contributed by atoms with van der Waals surface area (Å²) in [5, 5.41) is 32.6. The van der Waals surface area contributed by atoms with Gasteiger partial charge in [-0.2, -0.15) is 13.2 Å². The predicted octanol–water partition coefficient (Wildman–Crippen LogP) is 3.59. The molecule has 0 fully saturated rings. The minimum Gasteiger partial charge on any atom is -0.465 e. The van der Waals surface area contributed by atoms with Crippen molar-refractivity contribution >= 4 is 17.7 Å². The molecule has 0 aliphatic rings. The number of hydrogen-bond acceptors (Lipinski definition) is 7. The van der Waals surface area contributed by atoms with Gasteiger partial charge in [-0.3, -0.25) is 4.79 Å². The van der Waals surface area contributed by atoms with Crippen LogP contribution in [-0.2, 0) is 11.0 Å². The van der Waals surface area contributed by atoms with Gasteiger partial charge in [0.2, 0.25) is 17.6 Å². The maximum atomic E-state index is 12.7. The van der Waals surface area contributed by atoms with Crippen molar-refractivity contribution < 1.29 is 27.9 Å². The van der Waals surface area contributed by atoms with Crippen LogP contribution in [0, 0.1) is 0 Å². The van der Waals surface area contributed by atoms with Crippen LogP contribution in [0.3, 0.4) is 0 Å². The van der Waals surface area contributed by atoms with Crippen LogP contribution in [0.5, 0.6) is 0 Å². The summed E-state index contributed by atoms with van der Waals surface area (Å²) >= 11 is 0. The van der Waals surface area contributed by atoms with E-state index in [4.69, 9.17) is 5.11 Å². The van der Waals surface area contributed by atoms with Gasteiger partial charge < -0.3 is 21.1 Å². The summed E-state index contributed by atoms with van der Waals surface area (Å²) in [5.41, 5.74) is 0.685. The highest BCUT2D eigenvalue weighted by Crippen LogP contribution is 2.30. The Hall–Kier alpha value is -4.13. The van der Waals surface area contributed by atoms with Crippen molar-refractivity contribution in [2.75, 3.05) is 25.0 Å². The van der Waals surface area contributed by atoms with Gasteiger partial charge in [0, 0.05) is 36.3 Å². The molecule has 10 nitrogen and oxygen atoms in total. The van der Waals surface area contributed by atoms with Crippen molar-refractivity contribution in [3.05, 3.63) is 54.1 Å². The molecule has 4 N–H and O–H groups in total. The molecular weight excluding hydrogens is 479 g/mol. The van der Waals surface area contributed by atoms with Crippen molar-refractivity contribution in [1.29, 1.82) is 0 Å². The number of amides is 2. The van der Waals surface area contributed by atoms with Crippen molar-refractivity contribution in [2.45, 2.75) is 25.4 Å². The van der Waals surface area contributed by atoms with Gasteiger partial charge in [-0.1, -0.05) is 24.3 Å². The third-order valence-electron chi connectivity index (χ3n) is 4.94. The fraction of sp³-hybridized carbons (Fsp3) is 0.304. The van der Waals surface area contributed by atoms with Crippen LogP contribution in [0.4, 0.5) is 23.7 Å². The highest BCUT2D eigenvalue weighted by atomic mass is 19.4. The summed E-state index contributed by atoms with van der Waals surface area (Å²) in [5.74, 6) is 0.129. The molecule has 3 rings (SSSR count). The Bertz CT molecular complexity index is 1160. The standard InChI is InChI=1S/C23H24F3N7O3/c24-23(25,26)17-9-7-15(8-10-17)20-30-32-21(33-31-20)16-4-3-5-18(14-16)29-19(34)6-1-2-11-27-12-13-28-22(35)36/h3-5,7-10,14,27-28H,1-2,6,11-13H2,(H,29,34)(H,35,36). The monoisotopic (exact) mass is 503 g/mol. The van der Waals surface area contributed by atoms with Crippen molar-refractivity contribution in [3.8, 4) is 22.8 Å². The summed E-state index contributed by atoms with van der Waals surface area (Å²) in [6, 6.07) is 11.2. The van der Waals surface area contributed by atoms with E-state index >= 15 is 0 Å². The number of nitrogens with one attached hydrogen (secondary N) is 3. The number of carbonyl (C=O) groups is 2. The molecule has 0 bridgehead atoms. The van der Waals surface area contributed by atoms with E-state index in [1.54, 1.807) is 24.3 Å². The molecule has 36 heavy (non-hydrogen) atoms. The molecule has 0 atom stereocenters. The van der Waals surface area contributed by atoms with Gasteiger partial charge in [0.15, 0.2) is 0 Å². The first-order chi connectivity index (χ1) is 17.2. The quantitative estimate of drug-likeness (QED) is 0.291. The van der Waals surface area contributed by atoms with Crippen molar-refractivity contribution in [2.24, 2.45) is 0 Å². The Morgan fingerprint density at radius 2 is 1.50 bits per heavy atom. The van der Waals surface area contributed by atoms with Crippen molar-refractivity contribution in [1.82, 2.24) is 31.0 Å². The number of unbranched alkanes of at least 4 members (excludes halogenated alkanes) is 1. The molecule has 0 saturated carbocycles. The van der Waals surface area contributed by atoms with E-state index in [0.29, 0.717) is 49.3 Å². The lowest BCUT2D eigenvalue weighted by molar-refractivity contribution is -0.137. The van der Waals surface area contributed by atoms with E-state index in [1.807, 2.05) is 0 Å². The Balaban J connectivity index is 1.49. The molecule has 2 aromatic carbocycles. The Kier molecular flexibility index (Phi) is 9.22. The average Bonchev–Trinajstić information content (AvgIpc) is 2.85. The smallest absolute Gasteiger partial charge is 0.416 e. The number of benzene rings is 2. The van der Waals surface area contributed by atoms with Gasteiger partial charge >= 0.3 is 12.3 Å². The molecule has 0 aliphatic heterocycles. The summed E-state index contributed by atoms with van der Waals surface area (Å²) in [7, 11) is 0. The number of alkyl halides is 3. The average molecular weight is 503 g/mol. The highest BCUT2D eigenvalue weighted by Gasteiger charge is 2.30. The minimum atomic E-state index is -4.43. The summed E-state index contributed by atoms with van der Waals surface area (Å²) < 4.78 is 38.2. The van der Waals surface area contributed by atoms with Crippen LogP contribution >= 0.6 is 0 Å². The third-order valence-corrected chi connectivity index (χ3v) is 4.94. The van der Waals surface area contributed by atoms with E-state index in [9.17, 15) is 22.8 Å². The Morgan fingerprint density at radius 3 is 2.14 bits per heavy atom. The topological polar surface area (TPSA) is 142 Å². The summed E-state index contributed by atoms with van der Waals surface area (Å²) in [6.45, 7) is 1.50. The molecular formula is C23H24F3N7O3. The summed E-state index contributed by atoms with van der Waals surface area (Å²) in [4.78, 5) is 22.6. The Labute approximate surface area is 204 Å². The lowest BCUT2D eigenvalue weighted by Gasteiger charge is -2.08. The van der Waals surface area contributed by atoms with Gasteiger partial charge in [0.05, 0.1) is 5.56 Å². The zero-order chi connectivity index (χ0) is 26.0. The van der Waals surface area contributed by atoms with E-state index in [1.165, 1.54) is 12.1 Å². The van der Waals surface area contributed by atoms with Gasteiger partial charge in [-0.15, -0.1) is 20.4 Å². The van der Waals surface area contributed by atoms with E-state index in [2.05, 4.69) is 36.3 Å². The van der Waals surface area contributed by atoms with Crippen molar-refractivity contribution in [3.63, 3.8) is 0 Å². The van der Waals surface area contributed by atoms with Crippen LogP contribution < -0.4 is 16.0 Å². The molecule has 190 valence electrons. The van der Waals surface area contributed by atoms with Gasteiger partial charge in [-0.05, 0) is 43.7 Å². The molecule has 0 unspecified atom stereocenters. The number of carbonyl (C=O) groups excluding carboxylic acids is 1. The second kappa shape index (κ2) is 12.5. The molecule has 1 aromatic heterocycles. The molecule has 3 aromatic rings. The molecule has 2 amide bonds. The zero-order valence-corrected chi connectivity index (χ0v) is 19.0. The number of anilines is 1. The second-order valence-electron chi connectivity index (χ2n) is 7.69. The van der Waals surface area contributed by atoms with Crippen LogP contribution in [0.1, 0.15) is 24.8 Å². The van der Waals surface area contributed by atoms with Crippen LogP contribution in [0.25, 0.3) is 22.8 Å². The van der Waals surface area contributed by atoms with Crippen LogP contribution in [-0.4, -0.2) is 57.1 Å². The maximum Gasteiger partial charge on any atom is 0.416 e. The number of nitrogens with zero attached hydrogens (tertiary/aromatic N) is 4. The Morgan fingerprint density at radius 1 is 0.833 bits per heavy atom. The first-order valence-electron chi connectivity index (χ1n) is 11.1. The van der Waals surface area contributed by atoms with Crippen LogP contribution in [0.15, 0.2) is 48.5 Å². The van der Waals surface area contributed by atoms with Gasteiger partial charge in [-0.25, -0.2) is 4.79 Å². The normalized spacial score (nSPS) is 11.2. The molecule has 0 spiro atoms. The molecule has 1 heterocycles. The fourth-order valence-corrected chi connectivity index (χ4v) is 3.15. The third kappa shape index (κ3) is 8.27. The fourth-order valence-electron chi connectivity index (χ4n) is 3.15. The van der Waals surface area contributed by atoms with Gasteiger partial charge in [0.25, 0.3) is 0 Å². The first-order valence-corrected chi connectivity index (χ1v) is 11.1. The SMILES string of the molecule is O=C(O)NCCNCCCCC(=O)Nc1cccc(-c2nnc(-c3ccc(C(F)(F)F)cc3)nn2)c1. The largest absolute Gasteiger partial charge is 0.465 e. The second-order valence-corrected chi connectivity index (χ2v) is 7.69. The van der Waals surface area contributed by atoms with E-state index in [-0.39, 0.29) is 17.6 Å². The lowest BCUT2D eigenvalue weighted by Crippen LogP contribution is -2.31. The molecule has 0 saturated heterocycles.